The van der Waals surface area contributed by atoms with Crippen molar-refractivity contribution in [3.05, 3.63) is 21.9 Å². The van der Waals surface area contributed by atoms with Gasteiger partial charge >= 0.3 is 0 Å². The Morgan fingerprint density at radius 3 is 2.71 bits per heavy atom. The lowest BCUT2D eigenvalue weighted by molar-refractivity contribution is -0.180. The van der Waals surface area contributed by atoms with Gasteiger partial charge in [0.2, 0.25) is 10.0 Å². The SMILES string of the molecule is Cc1ccc(CN2CC3(CC[C@H](CNS(=O)(=O)C4CC4)CO3)C2)s1. The summed E-state index contributed by atoms with van der Waals surface area (Å²) < 4.78 is 32.7. The molecule has 0 unspecified atom stereocenters. The number of likely N-dealkylation sites (tertiary alicyclic amines) is 1. The third kappa shape index (κ3) is 3.70. The Morgan fingerprint density at radius 1 is 1.33 bits per heavy atom. The number of ether oxygens (including phenoxy) is 1. The standard InChI is InChI=1S/C17H26N2O3S2/c1-13-2-3-15(23-13)9-19-11-17(12-19)7-6-14(10-22-17)8-18-24(20,21)16-4-5-16/h2-3,14,16,18H,4-12H2,1H3/t14-/m1/s1. The van der Waals surface area contributed by atoms with Gasteiger partial charge in [-0.05, 0) is 50.7 Å². The Hall–Kier alpha value is -0.470. The van der Waals surface area contributed by atoms with Gasteiger partial charge in [-0.25, -0.2) is 13.1 Å². The monoisotopic (exact) mass is 370 g/mol. The summed E-state index contributed by atoms with van der Waals surface area (Å²) in [5.41, 5.74) is 0.0260. The van der Waals surface area contributed by atoms with Crippen molar-refractivity contribution < 1.29 is 13.2 Å². The quantitative estimate of drug-likeness (QED) is 0.833. The largest absolute Gasteiger partial charge is 0.372 e. The van der Waals surface area contributed by atoms with E-state index in [1.165, 1.54) is 9.75 Å². The van der Waals surface area contributed by atoms with Crippen molar-refractivity contribution in [1.82, 2.24) is 9.62 Å². The fourth-order valence-electron chi connectivity index (χ4n) is 3.73. The number of hydrogen-bond acceptors (Lipinski definition) is 5. The zero-order chi connectivity index (χ0) is 16.8. The topological polar surface area (TPSA) is 58.6 Å². The van der Waals surface area contributed by atoms with Crippen molar-refractivity contribution in [3.63, 3.8) is 0 Å². The third-order valence-electron chi connectivity index (χ3n) is 5.37. The van der Waals surface area contributed by atoms with Crippen LogP contribution >= 0.6 is 11.3 Å². The van der Waals surface area contributed by atoms with Gasteiger partial charge in [0.05, 0.1) is 17.5 Å². The second kappa shape index (κ2) is 6.36. The summed E-state index contributed by atoms with van der Waals surface area (Å²) in [5, 5.41) is -0.130. The molecule has 3 fully saturated rings. The Morgan fingerprint density at radius 2 is 2.12 bits per heavy atom. The molecular formula is C17H26N2O3S2. The molecular weight excluding hydrogens is 344 g/mol. The van der Waals surface area contributed by atoms with Gasteiger partial charge in [-0.2, -0.15) is 0 Å². The van der Waals surface area contributed by atoms with Crippen molar-refractivity contribution >= 4 is 21.4 Å². The Kier molecular flexibility index (Phi) is 4.50. The summed E-state index contributed by atoms with van der Waals surface area (Å²) in [6.45, 7) is 6.39. The minimum Gasteiger partial charge on any atom is -0.372 e. The van der Waals surface area contributed by atoms with Gasteiger partial charge in [0.1, 0.15) is 0 Å². The Balaban J connectivity index is 1.20. The van der Waals surface area contributed by atoms with E-state index in [9.17, 15) is 8.42 Å². The van der Waals surface area contributed by atoms with Crippen LogP contribution in [-0.2, 0) is 21.3 Å². The minimum absolute atomic E-state index is 0.0260. The molecule has 1 saturated carbocycles. The van der Waals surface area contributed by atoms with Crippen LogP contribution in [0.2, 0.25) is 0 Å². The summed E-state index contributed by atoms with van der Waals surface area (Å²) in [6.07, 6.45) is 3.74. The van der Waals surface area contributed by atoms with Gasteiger partial charge in [0.25, 0.3) is 0 Å². The van der Waals surface area contributed by atoms with Gasteiger partial charge in [0, 0.05) is 35.9 Å². The van der Waals surface area contributed by atoms with Crippen molar-refractivity contribution in [2.75, 3.05) is 26.2 Å². The molecule has 4 rings (SSSR count). The maximum atomic E-state index is 11.9. The van der Waals surface area contributed by atoms with E-state index >= 15 is 0 Å². The molecule has 3 heterocycles. The second-order valence-electron chi connectivity index (χ2n) is 7.65. The van der Waals surface area contributed by atoms with Crippen LogP contribution in [0.4, 0.5) is 0 Å². The van der Waals surface area contributed by atoms with E-state index in [4.69, 9.17) is 4.74 Å². The summed E-state index contributed by atoms with van der Waals surface area (Å²) in [7, 11) is -3.06. The zero-order valence-corrected chi connectivity index (χ0v) is 15.8. The van der Waals surface area contributed by atoms with E-state index in [0.717, 1.165) is 45.3 Å². The highest BCUT2D eigenvalue weighted by Crippen LogP contribution is 2.37. The number of thiophene rings is 1. The van der Waals surface area contributed by atoms with Gasteiger partial charge in [-0.1, -0.05) is 0 Å². The van der Waals surface area contributed by atoms with Crippen molar-refractivity contribution in [2.24, 2.45) is 5.92 Å². The summed E-state index contributed by atoms with van der Waals surface area (Å²) in [4.78, 5) is 5.23. The lowest BCUT2D eigenvalue weighted by Gasteiger charge is -2.52. The van der Waals surface area contributed by atoms with Crippen LogP contribution in [0.15, 0.2) is 12.1 Å². The molecule has 0 radical (unpaired) electrons. The molecule has 0 aromatic carbocycles. The van der Waals surface area contributed by atoms with E-state index < -0.39 is 10.0 Å². The first kappa shape index (κ1) is 17.0. The average molecular weight is 371 g/mol. The maximum absolute atomic E-state index is 11.9. The molecule has 2 saturated heterocycles. The fraction of sp³-hybridized carbons (Fsp3) is 0.765. The number of rotatable bonds is 6. The summed E-state index contributed by atoms with van der Waals surface area (Å²) in [6, 6.07) is 4.40. The smallest absolute Gasteiger partial charge is 0.214 e. The molecule has 1 aromatic rings. The molecule has 2 aliphatic heterocycles. The van der Waals surface area contributed by atoms with Crippen molar-refractivity contribution in [3.8, 4) is 0 Å². The van der Waals surface area contributed by atoms with E-state index in [1.807, 2.05) is 11.3 Å². The van der Waals surface area contributed by atoms with E-state index in [2.05, 4.69) is 28.7 Å². The fourth-order valence-corrected chi connectivity index (χ4v) is 6.12. The molecule has 0 bridgehead atoms. The van der Waals surface area contributed by atoms with Crippen LogP contribution in [0.1, 0.15) is 35.4 Å². The molecule has 1 aliphatic carbocycles. The molecule has 1 spiro atoms. The van der Waals surface area contributed by atoms with E-state index in [-0.39, 0.29) is 10.9 Å². The first-order chi connectivity index (χ1) is 11.4. The van der Waals surface area contributed by atoms with Crippen LogP contribution in [0.5, 0.6) is 0 Å². The molecule has 0 amide bonds. The van der Waals surface area contributed by atoms with Crippen LogP contribution in [0.25, 0.3) is 0 Å². The van der Waals surface area contributed by atoms with Crippen LogP contribution in [0, 0.1) is 12.8 Å². The second-order valence-corrected chi connectivity index (χ2v) is 11.1. The molecule has 1 aromatic heterocycles. The lowest BCUT2D eigenvalue weighted by atomic mass is 9.83. The van der Waals surface area contributed by atoms with Crippen LogP contribution < -0.4 is 4.72 Å². The summed E-state index contributed by atoms with van der Waals surface area (Å²) in [5.74, 6) is 0.318. The lowest BCUT2D eigenvalue weighted by Crippen LogP contribution is -2.64. The maximum Gasteiger partial charge on any atom is 0.214 e. The predicted octanol–water partition coefficient (Wildman–Crippen LogP) is 2.12. The van der Waals surface area contributed by atoms with E-state index in [1.54, 1.807) is 0 Å². The third-order valence-corrected chi connectivity index (χ3v) is 8.27. The molecule has 24 heavy (non-hydrogen) atoms. The van der Waals surface area contributed by atoms with Gasteiger partial charge in [-0.15, -0.1) is 11.3 Å². The van der Waals surface area contributed by atoms with Gasteiger partial charge < -0.3 is 4.74 Å². The number of aryl methyl sites for hydroxylation is 1. The van der Waals surface area contributed by atoms with Gasteiger partial charge in [0.15, 0.2) is 0 Å². The average Bonchev–Trinajstić information content (AvgIpc) is 3.30. The van der Waals surface area contributed by atoms with Crippen molar-refractivity contribution in [1.29, 1.82) is 0 Å². The molecule has 134 valence electrons. The normalized spacial score (nSPS) is 27.3. The Bertz CT molecular complexity index is 680. The molecule has 5 nitrogen and oxygen atoms in total. The minimum atomic E-state index is -3.06. The zero-order valence-electron chi connectivity index (χ0n) is 14.2. The summed E-state index contributed by atoms with van der Waals surface area (Å²) >= 11 is 1.87. The number of nitrogens with one attached hydrogen (secondary N) is 1. The van der Waals surface area contributed by atoms with E-state index in [0.29, 0.717) is 19.1 Å². The number of sulfonamides is 1. The molecule has 1 N–H and O–H groups in total. The molecule has 1 atom stereocenters. The first-order valence-electron chi connectivity index (χ1n) is 8.84. The highest BCUT2D eigenvalue weighted by Gasteiger charge is 2.46. The van der Waals surface area contributed by atoms with Crippen molar-refractivity contribution in [2.45, 2.75) is 50.0 Å². The highest BCUT2D eigenvalue weighted by molar-refractivity contribution is 7.90. The highest BCUT2D eigenvalue weighted by atomic mass is 32.2. The molecule has 3 aliphatic rings. The van der Waals surface area contributed by atoms with Gasteiger partial charge in [-0.3, -0.25) is 4.90 Å². The number of nitrogens with zero attached hydrogens (tertiary/aromatic N) is 1. The first-order valence-corrected chi connectivity index (χ1v) is 11.2. The van der Waals surface area contributed by atoms with Crippen LogP contribution in [0.3, 0.4) is 0 Å². The Labute approximate surface area is 148 Å². The molecule has 7 heteroatoms. The number of hydrogen-bond donors (Lipinski definition) is 1. The van der Waals surface area contributed by atoms with Crippen LogP contribution in [-0.4, -0.2) is 50.4 Å². The predicted molar refractivity (Wildman–Crippen MR) is 95.7 cm³/mol.